The summed E-state index contributed by atoms with van der Waals surface area (Å²) < 4.78 is 4.93. The van der Waals surface area contributed by atoms with E-state index in [9.17, 15) is 9.59 Å². The van der Waals surface area contributed by atoms with Gasteiger partial charge in [0, 0.05) is 19.1 Å². The first-order valence-electron chi connectivity index (χ1n) is 6.87. The third-order valence-electron chi connectivity index (χ3n) is 3.47. The molecule has 22 heavy (non-hydrogen) atoms. The van der Waals surface area contributed by atoms with Crippen LogP contribution in [0.15, 0.2) is 28.5 Å². The van der Waals surface area contributed by atoms with Gasteiger partial charge >= 0.3 is 6.03 Å². The van der Waals surface area contributed by atoms with E-state index in [1.54, 1.807) is 16.5 Å². The van der Waals surface area contributed by atoms with Crippen LogP contribution in [-0.4, -0.2) is 46.2 Å². The van der Waals surface area contributed by atoms with Crippen molar-refractivity contribution in [3.8, 4) is 0 Å². The number of urea groups is 1. The summed E-state index contributed by atoms with van der Waals surface area (Å²) in [6.07, 6.45) is 4.36. The molecule has 2 aromatic rings. The van der Waals surface area contributed by atoms with Crippen LogP contribution in [0.5, 0.6) is 0 Å². The van der Waals surface area contributed by atoms with Gasteiger partial charge in [0.2, 0.25) is 5.13 Å². The van der Waals surface area contributed by atoms with Gasteiger partial charge < -0.3 is 14.6 Å². The van der Waals surface area contributed by atoms with Crippen LogP contribution in [0.2, 0.25) is 0 Å². The van der Waals surface area contributed by atoms with Gasteiger partial charge in [0.1, 0.15) is 11.8 Å². The molecule has 3 rings (SSSR count). The number of nitrogens with one attached hydrogen (secondary N) is 2. The number of anilines is 1. The van der Waals surface area contributed by atoms with Crippen molar-refractivity contribution in [1.82, 2.24) is 20.4 Å². The molecule has 3 amide bonds. The third kappa shape index (κ3) is 3.42. The van der Waals surface area contributed by atoms with E-state index in [1.165, 1.54) is 23.9 Å². The Balaban J connectivity index is 1.45. The molecule has 116 valence electrons. The van der Waals surface area contributed by atoms with Gasteiger partial charge in [0.15, 0.2) is 0 Å². The number of likely N-dealkylation sites (tertiary alicyclic amines) is 1. The van der Waals surface area contributed by atoms with Crippen LogP contribution < -0.4 is 10.6 Å². The first kappa shape index (κ1) is 14.5. The van der Waals surface area contributed by atoms with Crippen LogP contribution >= 0.6 is 11.3 Å². The van der Waals surface area contributed by atoms with Gasteiger partial charge in [-0.1, -0.05) is 11.3 Å². The third-order valence-corrected chi connectivity index (χ3v) is 4.07. The van der Waals surface area contributed by atoms with Gasteiger partial charge in [0.25, 0.3) is 5.91 Å². The monoisotopic (exact) mass is 321 g/mol. The topological polar surface area (TPSA) is 100 Å². The van der Waals surface area contributed by atoms with Gasteiger partial charge in [-0.25, -0.2) is 4.79 Å². The van der Waals surface area contributed by atoms with Gasteiger partial charge in [-0.2, -0.15) is 0 Å². The van der Waals surface area contributed by atoms with Crippen LogP contribution in [0.25, 0.3) is 0 Å². The second kappa shape index (κ2) is 6.56. The van der Waals surface area contributed by atoms with E-state index in [-0.39, 0.29) is 18.0 Å². The molecular weight excluding hydrogens is 306 g/mol. The molecule has 1 aliphatic rings. The molecule has 9 heteroatoms. The lowest BCUT2D eigenvalue weighted by atomic mass is 10.0. The second-order valence-corrected chi connectivity index (χ2v) is 5.75. The van der Waals surface area contributed by atoms with E-state index in [2.05, 4.69) is 20.8 Å². The van der Waals surface area contributed by atoms with Crippen molar-refractivity contribution in [3.05, 3.63) is 29.7 Å². The number of carbonyl (C=O) groups excluding carboxylic acids is 2. The number of rotatable bonds is 3. The van der Waals surface area contributed by atoms with Crippen molar-refractivity contribution in [2.45, 2.75) is 18.9 Å². The van der Waals surface area contributed by atoms with Crippen LogP contribution in [0.1, 0.15) is 23.2 Å². The van der Waals surface area contributed by atoms with Crippen LogP contribution in [0.4, 0.5) is 9.93 Å². The number of carbonyl (C=O) groups is 2. The minimum absolute atomic E-state index is 0.0366. The summed E-state index contributed by atoms with van der Waals surface area (Å²) in [5.74, 6) is -0.0366. The molecule has 0 aromatic carbocycles. The number of amides is 3. The summed E-state index contributed by atoms with van der Waals surface area (Å²) in [6.45, 7) is 1.21. The Bertz CT molecular complexity index is 620. The summed E-state index contributed by atoms with van der Waals surface area (Å²) >= 11 is 1.26. The lowest BCUT2D eigenvalue weighted by Gasteiger charge is -2.32. The maximum Gasteiger partial charge on any atom is 0.321 e. The molecule has 0 bridgehead atoms. The Kier molecular flexibility index (Phi) is 4.33. The second-order valence-electron chi connectivity index (χ2n) is 4.92. The highest BCUT2D eigenvalue weighted by molar-refractivity contribution is 7.13. The summed E-state index contributed by atoms with van der Waals surface area (Å²) in [5.41, 5.74) is 2.11. The van der Waals surface area contributed by atoms with E-state index in [0.717, 1.165) is 0 Å². The quantitative estimate of drug-likeness (QED) is 0.893. The zero-order valence-electron chi connectivity index (χ0n) is 11.7. The molecule has 0 saturated carbocycles. The van der Waals surface area contributed by atoms with E-state index in [4.69, 9.17) is 4.42 Å². The standard InChI is InChI=1S/C13H15N5O3S/c19-11(9-3-6-21-7-9)18-4-1-10(2-5-18)15-12(20)16-13-17-14-8-22-13/h3,6-8,10H,1-2,4-5H2,(H2,15,16,17,20). The number of piperidine rings is 1. The Labute approximate surface area is 130 Å². The number of aromatic nitrogens is 2. The maximum atomic E-state index is 12.2. The van der Waals surface area contributed by atoms with Gasteiger partial charge in [0.05, 0.1) is 11.8 Å². The molecule has 1 aliphatic heterocycles. The molecule has 1 fully saturated rings. The summed E-state index contributed by atoms with van der Waals surface area (Å²) in [6, 6.07) is 1.40. The molecule has 0 unspecified atom stereocenters. The molecule has 0 radical (unpaired) electrons. The Morgan fingerprint density at radius 3 is 2.82 bits per heavy atom. The van der Waals surface area contributed by atoms with Crippen molar-refractivity contribution < 1.29 is 14.0 Å². The van der Waals surface area contributed by atoms with E-state index in [1.807, 2.05) is 0 Å². The van der Waals surface area contributed by atoms with E-state index in [0.29, 0.717) is 36.6 Å². The van der Waals surface area contributed by atoms with E-state index < -0.39 is 0 Å². The molecule has 0 aliphatic carbocycles. The van der Waals surface area contributed by atoms with Crippen molar-refractivity contribution in [3.63, 3.8) is 0 Å². The van der Waals surface area contributed by atoms with Crippen molar-refractivity contribution >= 4 is 28.4 Å². The minimum atomic E-state index is -0.295. The van der Waals surface area contributed by atoms with E-state index >= 15 is 0 Å². The predicted octanol–water partition coefficient (Wildman–Crippen LogP) is 1.56. The Morgan fingerprint density at radius 1 is 1.36 bits per heavy atom. The molecular formula is C13H15N5O3S. The summed E-state index contributed by atoms with van der Waals surface area (Å²) in [4.78, 5) is 25.7. The van der Waals surface area contributed by atoms with Crippen molar-refractivity contribution in [1.29, 1.82) is 0 Å². The molecule has 1 saturated heterocycles. The smallest absolute Gasteiger partial charge is 0.321 e. The molecule has 2 aromatic heterocycles. The Morgan fingerprint density at radius 2 is 2.18 bits per heavy atom. The van der Waals surface area contributed by atoms with Crippen molar-refractivity contribution in [2.75, 3.05) is 18.4 Å². The average Bonchev–Trinajstić information content (AvgIpc) is 3.20. The lowest BCUT2D eigenvalue weighted by Crippen LogP contribution is -2.47. The highest BCUT2D eigenvalue weighted by Crippen LogP contribution is 2.15. The van der Waals surface area contributed by atoms with Gasteiger partial charge in [-0.3, -0.25) is 10.1 Å². The van der Waals surface area contributed by atoms with Crippen LogP contribution in [0.3, 0.4) is 0 Å². The maximum absolute atomic E-state index is 12.2. The number of hydrogen-bond donors (Lipinski definition) is 2. The highest BCUT2D eigenvalue weighted by Gasteiger charge is 2.25. The minimum Gasteiger partial charge on any atom is -0.472 e. The number of furan rings is 1. The first-order valence-corrected chi connectivity index (χ1v) is 7.75. The largest absolute Gasteiger partial charge is 0.472 e. The SMILES string of the molecule is O=C(Nc1nncs1)NC1CCN(C(=O)c2ccoc2)CC1. The molecule has 0 atom stereocenters. The zero-order chi connectivity index (χ0) is 15.4. The average molecular weight is 321 g/mol. The summed E-state index contributed by atoms with van der Waals surface area (Å²) in [7, 11) is 0. The van der Waals surface area contributed by atoms with Crippen molar-refractivity contribution in [2.24, 2.45) is 0 Å². The molecule has 2 N–H and O–H groups in total. The molecule has 3 heterocycles. The fourth-order valence-corrected chi connectivity index (χ4v) is 2.78. The van der Waals surface area contributed by atoms with Gasteiger partial charge in [-0.15, -0.1) is 10.2 Å². The lowest BCUT2D eigenvalue weighted by molar-refractivity contribution is 0.0708. The summed E-state index contributed by atoms with van der Waals surface area (Å²) in [5, 5.41) is 13.4. The normalized spacial score (nSPS) is 15.5. The Hall–Kier alpha value is -2.42. The fraction of sp³-hybridized carbons (Fsp3) is 0.385. The fourth-order valence-electron chi connectivity index (χ4n) is 2.34. The number of nitrogens with zero attached hydrogens (tertiary/aromatic N) is 3. The zero-order valence-corrected chi connectivity index (χ0v) is 12.5. The first-order chi connectivity index (χ1) is 10.7. The van der Waals surface area contributed by atoms with Crippen LogP contribution in [-0.2, 0) is 0 Å². The molecule has 8 nitrogen and oxygen atoms in total. The number of hydrogen-bond acceptors (Lipinski definition) is 6. The molecule has 0 spiro atoms. The van der Waals surface area contributed by atoms with Crippen LogP contribution in [0, 0.1) is 0 Å². The van der Waals surface area contributed by atoms with Gasteiger partial charge in [-0.05, 0) is 18.9 Å². The highest BCUT2D eigenvalue weighted by atomic mass is 32.1. The predicted molar refractivity (Wildman–Crippen MR) is 79.7 cm³/mol.